The minimum atomic E-state index is -1.38. The molecule has 0 unspecified atom stereocenters. The molecule has 0 aliphatic heterocycles. The first-order valence-corrected chi connectivity index (χ1v) is 7.94. The molecule has 0 aliphatic carbocycles. The van der Waals surface area contributed by atoms with Gasteiger partial charge in [-0.15, -0.1) is 0 Å². The molecule has 0 bridgehead atoms. The molecule has 3 N–H and O–H groups in total. The number of hydrogen-bond acceptors (Lipinski definition) is 3. The van der Waals surface area contributed by atoms with Gasteiger partial charge >= 0.3 is 0 Å². The standard InChI is InChI=1S/C19H14F3N3O2/c20-11-7-13(21)17(14(22)8-11)19(27)25-16(18(23)26)9-12-6-5-10-3-1-2-4-15(10)24-12/h1-8,16H,9H2,(H2,23,26)(H,25,27)/t16-/m1/s1. The number of rotatable bonds is 5. The zero-order chi connectivity index (χ0) is 19.6. The maximum Gasteiger partial charge on any atom is 0.257 e. The van der Waals surface area contributed by atoms with E-state index in [1.165, 1.54) is 0 Å². The monoisotopic (exact) mass is 373 g/mol. The van der Waals surface area contributed by atoms with Crippen molar-refractivity contribution in [3.05, 3.63) is 77.2 Å². The molecule has 3 rings (SSSR count). The fourth-order valence-corrected chi connectivity index (χ4v) is 2.64. The second kappa shape index (κ2) is 7.45. The molecule has 1 atom stereocenters. The fraction of sp³-hybridized carbons (Fsp3) is 0.105. The van der Waals surface area contributed by atoms with Gasteiger partial charge in [0.05, 0.1) is 5.52 Å². The topological polar surface area (TPSA) is 85.1 Å². The van der Waals surface area contributed by atoms with E-state index in [9.17, 15) is 22.8 Å². The van der Waals surface area contributed by atoms with Crippen molar-refractivity contribution in [2.75, 3.05) is 0 Å². The molecule has 8 heteroatoms. The molecular weight excluding hydrogens is 359 g/mol. The molecule has 1 heterocycles. The maximum atomic E-state index is 13.7. The van der Waals surface area contributed by atoms with E-state index < -0.39 is 40.9 Å². The maximum absolute atomic E-state index is 13.7. The summed E-state index contributed by atoms with van der Waals surface area (Å²) in [5.41, 5.74) is 5.44. The molecule has 0 saturated carbocycles. The normalized spacial score (nSPS) is 12.0. The van der Waals surface area contributed by atoms with Crippen LogP contribution in [0.5, 0.6) is 0 Å². The van der Waals surface area contributed by atoms with Gasteiger partial charge in [-0.25, -0.2) is 13.2 Å². The van der Waals surface area contributed by atoms with E-state index in [2.05, 4.69) is 10.3 Å². The predicted molar refractivity (Wildman–Crippen MR) is 92.2 cm³/mol. The van der Waals surface area contributed by atoms with Gasteiger partial charge < -0.3 is 11.1 Å². The zero-order valence-corrected chi connectivity index (χ0v) is 13.9. The van der Waals surface area contributed by atoms with Gasteiger partial charge in [0, 0.05) is 29.6 Å². The van der Waals surface area contributed by atoms with E-state index in [1.807, 2.05) is 12.1 Å². The Morgan fingerprint density at radius 2 is 1.70 bits per heavy atom. The van der Waals surface area contributed by atoms with Gasteiger partial charge in [-0.2, -0.15) is 0 Å². The third-order valence-electron chi connectivity index (χ3n) is 3.95. The first-order chi connectivity index (χ1) is 12.8. The van der Waals surface area contributed by atoms with E-state index in [4.69, 9.17) is 5.73 Å². The lowest BCUT2D eigenvalue weighted by Gasteiger charge is -2.16. The summed E-state index contributed by atoms with van der Waals surface area (Å²) in [5.74, 6) is -6.03. The number of hydrogen-bond donors (Lipinski definition) is 2. The summed E-state index contributed by atoms with van der Waals surface area (Å²) in [6.45, 7) is 0. The SMILES string of the molecule is NC(=O)[C@@H](Cc1ccc2ccccc2n1)NC(=O)c1c(F)cc(F)cc1F. The second-order valence-corrected chi connectivity index (χ2v) is 5.87. The van der Waals surface area contributed by atoms with Crippen molar-refractivity contribution in [1.29, 1.82) is 0 Å². The van der Waals surface area contributed by atoms with Gasteiger partial charge in [0.15, 0.2) is 0 Å². The molecule has 5 nitrogen and oxygen atoms in total. The number of nitrogens with two attached hydrogens (primary N) is 1. The highest BCUT2D eigenvalue weighted by Gasteiger charge is 2.25. The van der Waals surface area contributed by atoms with E-state index in [0.29, 0.717) is 23.3 Å². The Morgan fingerprint density at radius 3 is 2.37 bits per heavy atom. The summed E-state index contributed by atoms with van der Waals surface area (Å²) in [7, 11) is 0. The van der Waals surface area contributed by atoms with Gasteiger partial charge in [0.1, 0.15) is 29.1 Å². The zero-order valence-electron chi connectivity index (χ0n) is 13.9. The number of nitrogens with one attached hydrogen (secondary N) is 1. The average molecular weight is 373 g/mol. The van der Waals surface area contributed by atoms with E-state index in [1.54, 1.807) is 24.3 Å². The van der Waals surface area contributed by atoms with Crippen LogP contribution in [0.3, 0.4) is 0 Å². The van der Waals surface area contributed by atoms with Crippen LogP contribution in [0, 0.1) is 17.5 Å². The summed E-state index contributed by atoms with van der Waals surface area (Å²) in [4.78, 5) is 28.2. The number of para-hydroxylation sites is 1. The van der Waals surface area contributed by atoms with Gasteiger partial charge in [-0.05, 0) is 12.1 Å². The minimum Gasteiger partial charge on any atom is -0.368 e. The van der Waals surface area contributed by atoms with Crippen molar-refractivity contribution >= 4 is 22.7 Å². The number of amides is 2. The second-order valence-electron chi connectivity index (χ2n) is 5.87. The van der Waals surface area contributed by atoms with Crippen molar-refractivity contribution in [3.8, 4) is 0 Å². The molecule has 27 heavy (non-hydrogen) atoms. The van der Waals surface area contributed by atoms with E-state index in [0.717, 1.165) is 5.39 Å². The first kappa shape index (κ1) is 18.4. The molecule has 0 spiro atoms. The van der Waals surface area contributed by atoms with Crippen molar-refractivity contribution in [2.45, 2.75) is 12.5 Å². The van der Waals surface area contributed by atoms with Crippen molar-refractivity contribution < 1.29 is 22.8 Å². The summed E-state index contributed by atoms with van der Waals surface area (Å²) >= 11 is 0. The van der Waals surface area contributed by atoms with Gasteiger partial charge in [-0.1, -0.05) is 24.3 Å². The summed E-state index contributed by atoms with van der Waals surface area (Å²) < 4.78 is 40.5. The number of primary amides is 1. The molecular formula is C19H14F3N3O2. The summed E-state index contributed by atoms with van der Waals surface area (Å²) in [5, 5.41) is 3.06. The number of benzene rings is 2. The molecule has 0 saturated heterocycles. The largest absolute Gasteiger partial charge is 0.368 e. The number of carbonyl (C=O) groups excluding carboxylic acids is 2. The number of nitrogens with zero attached hydrogens (tertiary/aromatic N) is 1. The fourth-order valence-electron chi connectivity index (χ4n) is 2.64. The van der Waals surface area contributed by atoms with Crippen molar-refractivity contribution in [2.24, 2.45) is 5.73 Å². The Kier molecular flexibility index (Phi) is 5.07. The number of pyridine rings is 1. The number of carbonyl (C=O) groups is 2. The highest BCUT2D eigenvalue weighted by Crippen LogP contribution is 2.16. The molecule has 1 aromatic heterocycles. The van der Waals surface area contributed by atoms with Crippen LogP contribution < -0.4 is 11.1 Å². The van der Waals surface area contributed by atoms with Crippen LogP contribution in [0.2, 0.25) is 0 Å². The molecule has 138 valence electrons. The molecule has 2 aromatic carbocycles. The van der Waals surface area contributed by atoms with Crippen molar-refractivity contribution in [3.63, 3.8) is 0 Å². The lowest BCUT2D eigenvalue weighted by Crippen LogP contribution is -2.46. The Bertz CT molecular complexity index is 1020. The van der Waals surface area contributed by atoms with Gasteiger partial charge in [0.2, 0.25) is 5.91 Å². The summed E-state index contributed by atoms with van der Waals surface area (Å²) in [6.07, 6.45) is -0.0731. The molecule has 3 aromatic rings. The van der Waals surface area contributed by atoms with Crippen LogP contribution >= 0.6 is 0 Å². The van der Waals surface area contributed by atoms with E-state index in [-0.39, 0.29) is 6.42 Å². The number of aromatic nitrogens is 1. The lowest BCUT2D eigenvalue weighted by atomic mass is 10.1. The van der Waals surface area contributed by atoms with Crippen LogP contribution in [0.15, 0.2) is 48.5 Å². The Hall–Kier alpha value is -3.42. The Balaban J connectivity index is 1.83. The van der Waals surface area contributed by atoms with Gasteiger partial charge in [-0.3, -0.25) is 14.6 Å². The molecule has 0 aliphatic rings. The molecule has 0 fully saturated rings. The smallest absolute Gasteiger partial charge is 0.257 e. The van der Waals surface area contributed by atoms with Crippen LogP contribution in [0.4, 0.5) is 13.2 Å². The number of fused-ring (bicyclic) bond motifs is 1. The first-order valence-electron chi connectivity index (χ1n) is 7.94. The Labute approximate surface area is 152 Å². The lowest BCUT2D eigenvalue weighted by molar-refractivity contribution is -0.119. The van der Waals surface area contributed by atoms with Gasteiger partial charge in [0.25, 0.3) is 5.91 Å². The van der Waals surface area contributed by atoms with Crippen LogP contribution in [0.25, 0.3) is 10.9 Å². The average Bonchev–Trinajstić information content (AvgIpc) is 2.60. The highest BCUT2D eigenvalue weighted by molar-refractivity contribution is 5.97. The third-order valence-corrected chi connectivity index (χ3v) is 3.95. The van der Waals surface area contributed by atoms with Crippen LogP contribution in [-0.2, 0) is 11.2 Å². The van der Waals surface area contributed by atoms with E-state index >= 15 is 0 Å². The highest BCUT2D eigenvalue weighted by atomic mass is 19.1. The molecule has 0 radical (unpaired) electrons. The predicted octanol–water partition coefficient (Wildman–Crippen LogP) is 2.48. The van der Waals surface area contributed by atoms with Crippen molar-refractivity contribution in [1.82, 2.24) is 10.3 Å². The van der Waals surface area contributed by atoms with Crippen LogP contribution in [-0.4, -0.2) is 22.8 Å². The quantitative estimate of drug-likeness (QED) is 0.721. The van der Waals surface area contributed by atoms with Crippen LogP contribution in [0.1, 0.15) is 16.1 Å². The number of halogens is 3. The summed E-state index contributed by atoms with van der Waals surface area (Å²) in [6, 6.07) is 10.2. The minimum absolute atomic E-state index is 0.0731. The molecule has 2 amide bonds. The Morgan fingerprint density at radius 1 is 1.04 bits per heavy atom. The third kappa shape index (κ3) is 4.05.